The largest absolute Gasteiger partial charge is 0.497 e. The molecule has 0 spiro atoms. The summed E-state index contributed by atoms with van der Waals surface area (Å²) in [5.74, 6) is 1.23. The predicted molar refractivity (Wildman–Crippen MR) is 116 cm³/mol. The van der Waals surface area contributed by atoms with Crippen LogP contribution in [-0.2, 0) is 13.0 Å². The van der Waals surface area contributed by atoms with E-state index in [1.54, 1.807) is 13.2 Å². The number of hydrogen-bond acceptors (Lipinski definition) is 4. The van der Waals surface area contributed by atoms with Crippen LogP contribution in [0.15, 0.2) is 83.9 Å². The molecule has 0 radical (unpaired) electrons. The van der Waals surface area contributed by atoms with Crippen molar-refractivity contribution < 1.29 is 14.3 Å². The lowest BCUT2D eigenvalue weighted by atomic mass is 10.1. The topological polar surface area (TPSA) is 47.9 Å². The number of ether oxygens (including phenoxy) is 2. The van der Waals surface area contributed by atoms with Gasteiger partial charge in [0.15, 0.2) is 0 Å². The van der Waals surface area contributed by atoms with Gasteiger partial charge in [0.05, 0.1) is 24.9 Å². The first-order chi connectivity index (χ1) is 14.2. The first-order valence-electron chi connectivity index (χ1n) is 9.62. The maximum Gasteiger partial charge on any atom is 0.207 e. The highest BCUT2D eigenvalue weighted by Gasteiger charge is 2.11. The molecular formula is C25H25NO3. The molecule has 3 aromatic rings. The summed E-state index contributed by atoms with van der Waals surface area (Å²) in [5, 5.41) is 0. The van der Waals surface area contributed by atoms with Gasteiger partial charge >= 0.3 is 0 Å². The molecule has 4 heteroatoms. The van der Waals surface area contributed by atoms with Crippen molar-refractivity contribution in [3.63, 3.8) is 0 Å². The Labute approximate surface area is 171 Å². The maximum atomic E-state index is 12.7. The van der Waals surface area contributed by atoms with Gasteiger partial charge in [0.25, 0.3) is 0 Å². The highest BCUT2D eigenvalue weighted by atomic mass is 16.5. The summed E-state index contributed by atoms with van der Waals surface area (Å²) in [6, 6.07) is 25.0. The van der Waals surface area contributed by atoms with E-state index >= 15 is 0 Å². The van der Waals surface area contributed by atoms with Gasteiger partial charge in [-0.1, -0.05) is 54.6 Å². The minimum atomic E-state index is -0.157. The fraction of sp³-hybridized carbons (Fsp3) is 0.200. The number of carbonyl (C=O) groups is 1. The monoisotopic (exact) mass is 387 g/mol. The summed E-state index contributed by atoms with van der Waals surface area (Å²) < 4.78 is 11.0. The third-order valence-corrected chi connectivity index (χ3v) is 4.53. The molecule has 1 unspecified atom stereocenters. The third-order valence-electron chi connectivity index (χ3n) is 4.53. The van der Waals surface area contributed by atoms with Crippen LogP contribution in [0.1, 0.15) is 28.4 Å². The van der Waals surface area contributed by atoms with Gasteiger partial charge in [-0.2, -0.15) is 0 Å². The second kappa shape index (κ2) is 10.2. The van der Waals surface area contributed by atoms with E-state index in [-0.39, 0.29) is 11.8 Å². The Hall–Kier alpha value is -3.40. The molecule has 148 valence electrons. The molecule has 1 atom stereocenters. The van der Waals surface area contributed by atoms with Gasteiger partial charge in [-0.25, -0.2) is 0 Å². The molecule has 0 aliphatic heterocycles. The smallest absolute Gasteiger partial charge is 0.207 e. The van der Waals surface area contributed by atoms with Crippen LogP contribution in [0, 0.1) is 0 Å². The van der Waals surface area contributed by atoms with E-state index in [1.807, 2.05) is 79.7 Å². The number of Topliss-reactive ketones (excluding diaryl/α,β-unsaturated/α-hetero) is 1. The second-order valence-corrected chi connectivity index (χ2v) is 6.81. The zero-order valence-electron chi connectivity index (χ0n) is 16.7. The van der Waals surface area contributed by atoms with E-state index in [0.717, 1.165) is 23.3 Å². The number of carbonyl (C=O) groups excluding carboxylic acids is 1. The predicted octanol–water partition coefficient (Wildman–Crippen LogP) is 5.16. The van der Waals surface area contributed by atoms with Crippen LogP contribution in [0.25, 0.3) is 0 Å². The highest BCUT2D eigenvalue weighted by molar-refractivity contribution is 6.36. The van der Waals surface area contributed by atoms with Crippen LogP contribution < -0.4 is 9.47 Å². The molecular weight excluding hydrogens is 362 g/mol. The van der Waals surface area contributed by atoms with Gasteiger partial charge in [0.1, 0.15) is 18.1 Å². The van der Waals surface area contributed by atoms with Crippen LogP contribution >= 0.6 is 0 Å². The van der Waals surface area contributed by atoms with E-state index in [0.29, 0.717) is 17.9 Å². The normalized spacial score (nSPS) is 11.9. The van der Waals surface area contributed by atoms with Gasteiger partial charge in [0.2, 0.25) is 5.78 Å². The summed E-state index contributed by atoms with van der Waals surface area (Å²) in [7, 11) is 1.65. The first kappa shape index (κ1) is 20.3. The fourth-order valence-corrected chi connectivity index (χ4v) is 2.95. The van der Waals surface area contributed by atoms with Crippen molar-refractivity contribution >= 4 is 12.0 Å². The number of benzene rings is 3. The SMILES string of the molecule is COc1ccc(CC(C)N=CC(=O)c2ccccc2OCc2ccccc2)cc1. The highest BCUT2D eigenvalue weighted by Crippen LogP contribution is 2.20. The van der Waals surface area contributed by atoms with E-state index in [1.165, 1.54) is 6.21 Å². The maximum absolute atomic E-state index is 12.7. The Morgan fingerprint density at radius 3 is 2.34 bits per heavy atom. The Morgan fingerprint density at radius 1 is 0.931 bits per heavy atom. The number of aliphatic imine (C=N–C) groups is 1. The Morgan fingerprint density at radius 2 is 1.62 bits per heavy atom. The van der Waals surface area contributed by atoms with Crippen molar-refractivity contribution in [1.29, 1.82) is 0 Å². The van der Waals surface area contributed by atoms with Gasteiger partial charge in [-0.3, -0.25) is 9.79 Å². The van der Waals surface area contributed by atoms with Gasteiger partial charge in [-0.05, 0) is 48.7 Å². The van der Waals surface area contributed by atoms with E-state index in [9.17, 15) is 4.79 Å². The molecule has 0 saturated carbocycles. The summed E-state index contributed by atoms with van der Waals surface area (Å²) in [4.78, 5) is 17.1. The molecule has 3 rings (SSSR count). The van der Waals surface area contributed by atoms with Gasteiger partial charge < -0.3 is 9.47 Å². The molecule has 3 aromatic carbocycles. The molecule has 0 N–H and O–H groups in total. The summed E-state index contributed by atoms with van der Waals surface area (Å²) >= 11 is 0. The molecule has 0 amide bonds. The molecule has 29 heavy (non-hydrogen) atoms. The average molecular weight is 387 g/mol. The fourth-order valence-electron chi connectivity index (χ4n) is 2.95. The van der Waals surface area contributed by atoms with Crippen molar-refractivity contribution in [2.45, 2.75) is 26.0 Å². The average Bonchev–Trinajstić information content (AvgIpc) is 2.77. The van der Waals surface area contributed by atoms with Crippen LogP contribution in [0.3, 0.4) is 0 Å². The molecule has 0 aliphatic carbocycles. The van der Waals surface area contributed by atoms with Crippen LogP contribution in [0.5, 0.6) is 11.5 Å². The number of rotatable bonds is 9. The standard InChI is InChI=1S/C25H25NO3/c1-19(16-20-12-14-22(28-2)15-13-20)26-17-24(27)23-10-6-7-11-25(23)29-18-21-8-4-3-5-9-21/h3-15,17,19H,16,18H2,1-2H3. The minimum Gasteiger partial charge on any atom is -0.497 e. The lowest BCUT2D eigenvalue weighted by Crippen LogP contribution is -2.09. The Kier molecular flexibility index (Phi) is 7.17. The molecule has 0 saturated heterocycles. The zero-order valence-corrected chi connectivity index (χ0v) is 16.7. The summed E-state index contributed by atoms with van der Waals surface area (Å²) in [6.45, 7) is 2.40. The third kappa shape index (κ3) is 6.04. The second-order valence-electron chi connectivity index (χ2n) is 6.81. The molecule has 4 nitrogen and oxygen atoms in total. The van der Waals surface area contributed by atoms with Crippen molar-refractivity contribution in [2.75, 3.05) is 7.11 Å². The van der Waals surface area contributed by atoms with Crippen LogP contribution in [-0.4, -0.2) is 25.1 Å². The molecule has 0 aromatic heterocycles. The minimum absolute atomic E-state index is 0.00950. The number of para-hydroxylation sites is 1. The molecule has 0 heterocycles. The quantitative estimate of drug-likeness (QED) is 0.376. The van der Waals surface area contributed by atoms with Gasteiger partial charge in [-0.15, -0.1) is 0 Å². The van der Waals surface area contributed by atoms with Gasteiger partial charge in [0, 0.05) is 0 Å². The van der Waals surface area contributed by atoms with Crippen molar-refractivity contribution in [3.8, 4) is 11.5 Å². The van der Waals surface area contributed by atoms with Crippen molar-refractivity contribution in [2.24, 2.45) is 4.99 Å². The van der Waals surface area contributed by atoms with Crippen molar-refractivity contribution in [3.05, 3.63) is 95.6 Å². The Bertz CT molecular complexity index is 949. The van der Waals surface area contributed by atoms with E-state index in [4.69, 9.17) is 9.47 Å². The molecule has 0 fully saturated rings. The Balaban J connectivity index is 1.62. The summed E-state index contributed by atoms with van der Waals surface area (Å²) in [6.07, 6.45) is 2.15. The van der Waals surface area contributed by atoms with E-state index in [2.05, 4.69) is 4.99 Å². The lowest BCUT2D eigenvalue weighted by molar-refractivity contribution is 0.106. The molecule has 0 bridgehead atoms. The summed E-state index contributed by atoms with van der Waals surface area (Å²) in [5.41, 5.74) is 2.72. The van der Waals surface area contributed by atoms with Crippen LogP contribution in [0.4, 0.5) is 0 Å². The van der Waals surface area contributed by atoms with Crippen molar-refractivity contribution in [1.82, 2.24) is 0 Å². The number of nitrogens with zero attached hydrogens (tertiary/aromatic N) is 1. The number of methoxy groups -OCH3 is 1. The zero-order chi connectivity index (χ0) is 20.5. The van der Waals surface area contributed by atoms with E-state index < -0.39 is 0 Å². The van der Waals surface area contributed by atoms with Crippen LogP contribution in [0.2, 0.25) is 0 Å². The number of hydrogen-bond donors (Lipinski definition) is 0. The lowest BCUT2D eigenvalue weighted by Gasteiger charge is -2.10. The first-order valence-corrected chi connectivity index (χ1v) is 9.62. The number of ketones is 1. The molecule has 0 aliphatic rings.